The maximum atomic E-state index is 11.3. The lowest BCUT2D eigenvalue weighted by molar-refractivity contribution is -0.139. The minimum Gasteiger partial charge on any atom is -0.494 e. The second-order valence-corrected chi connectivity index (χ2v) is 8.85. The van der Waals surface area contributed by atoms with Crippen LogP contribution in [0.4, 0.5) is 0 Å². The van der Waals surface area contributed by atoms with Gasteiger partial charge in [-0.1, -0.05) is 44.9 Å². The summed E-state index contributed by atoms with van der Waals surface area (Å²) in [6.07, 6.45) is 10.4. The van der Waals surface area contributed by atoms with Gasteiger partial charge in [0.2, 0.25) is 0 Å². The molecule has 5 heteroatoms. The quantitative estimate of drug-likeness (QED) is 0.0746. The summed E-state index contributed by atoms with van der Waals surface area (Å²) in [7, 11) is 0. The highest BCUT2D eigenvalue weighted by Gasteiger charge is 2.04. The van der Waals surface area contributed by atoms with Crippen LogP contribution < -0.4 is 9.47 Å². The van der Waals surface area contributed by atoms with E-state index >= 15 is 0 Å². The Hall–Kier alpha value is -3.52. The molecule has 0 bridgehead atoms. The highest BCUT2D eigenvalue weighted by Crippen LogP contribution is 2.22. The molecule has 0 unspecified atom stereocenters. The number of benzene rings is 2. The van der Waals surface area contributed by atoms with Crippen LogP contribution in [0.25, 0.3) is 11.6 Å². The zero-order chi connectivity index (χ0) is 26.0. The highest BCUT2D eigenvalue weighted by molar-refractivity contribution is 5.89. The van der Waals surface area contributed by atoms with E-state index in [1.807, 2.05) is 54.6 Å². The monoisotopic (exact) mass is 489 g/mol. The Kier molecular flexibility index (Phi) is 13.6. The van der Waals surface area contributed by atoms with E-state index < -0.39 is 0 Å². The summed E-state index contributed by atoms with van der Waals surface area (Å²) >= 11 is 0. The van der Waals surface area contributed by atoms with Crippen molar-refractivity contribution in [2.75, 3.05) is 19.8 Å². The molecule has 0 atom stereocenters. The average Bonchev–Trinajstić information content (AvgIpc) is 2.89. The van der Waals surface area contributed by atoms with E-state index in [1.165, 1.54) is 19.3 Å². The molecule has 0 radical (unpaired) electrons. The van der Waals surface area contributed by atoms with E-state index in [0.29, 0.717) is 24.4 Å². The first-order valence-electron chi connectivity index (χ1n) is 12.9. The smallest absolute Gasteiger partial charge is 0.333 e. The first-order valence-corrected chi connectivity index (χ1v) is 12.9. The molecule has 0 aromatic heterocycles. The average molecular weight is 490 g/mol. The van der Waals surface area contributed by atoms with Gasteiger partial charge in [-0.2, -0.15) is 5.26 Å². The summed E-state index contributed by atoms with van der Waals surface area (Å²) in [5, 5.41) is 9.66. The molecule has 36 heavy (non-hydrogen) atoms. The van der Waals surface area contributed by atoms with Crippen LogP contribution in [0.2, 0.25) is 0 Å². The number of unbranched alkanes of at least 4 members (excludes halogenated alkanes) is 6. The summed E-state index contributed by atoms with van der Waals surface area (Å²) < 4.78 is 16.7. The molecule has 0 heterocycles. The Morgan fingerprint density at radius 1 is 0.833 bits per heavy atom. The SMILES string of the molecule is C=C(C)C(=O)OCCCCCCOc1ccc(C=C(C#N)c2ccc(OCCCCCC)cc2)cc1. The Labute approximate surface area is 216 Å². The molecule has 0 aliphatic rings. The lowest BCUT2D eigenvalue weighted by Gasteiger charge is -2.08. The molecule has 0 N–H and O–H groups in total. The third-order valence-electron chi connectivity index (χ3n) is 5.63. The lowest BCUT2D eigenvalue weighted by atomic mass is 10.0. The van der Waals surface area contributed by atoms with E-state index in [-0.39, 0.29) is 5.97 Å². The number of hydrogen-bond donors (Lipinski definition) is 0. The number of carbonyl (C=O) groups is 1. The zero-order valence-corrected chi connectivity index (χ0v) is 21.8. The zero-order valence-electron chi connectivity index (χ0n) is 21.8. The van der Waals surface area contributed by atoms with Gasteiger partial charge in [0.05, 0.1) is 31.5 Å². The Bertz CT molecular complexity index is 1000. The Morgan fingerprint density at radius 2 is 1.36 bits per heavy atom. The van der Waals surface area contributed by atoms with Gasteiger partial charge in [-0.25, -0.2) is 4.79 Å². The predicted octanol–water partition coefficient (Wildman–Crippen LogP) is 7.77. The lowest BCUT2D eigenvalue weighted by Crippen LogP contribution is -2.06. The van der Waals surface area contributed by atoms with Crippen molar-refractivity contribution in [1.29, 1.82) is 5.26 Å². The van der Waals surface area contributed by atoms with Crippen molar-refractivity contribution in [2.45, 2.75) is 65.2 Å². The molecule has 0 spiro atoms. The molecule has 0 saturated carbocycles. The van der Waals surface area contributed by atoms with Crippen LogP contribution in [0.1, 0.15) is 76.3 Å². The van der Waals surface area contributed by atoms with E-state index in [1.54, 1.807) is 6.92 Å². The molecule has 2 rings (SSSR count). The molecule has 2 aromatic rings. The van der Waals surface area contributed by atoms with Gasteiger partial charge < -0.3 is 14.2 Å². The van der Waals surface area contributed by atoms with Crippen LogP contribution in [0, 0.1) is 11.3 Å². The van der Waals surface area contributed by atoms with Gasteiger partial charge in [0.1, 0.15) is 11.5 Å². The fourth-order valence-electron chi connectivity index (χ4n) is 3.49. The van der Waals surface area contributed by atoms with Crippen LogP contribution in [0.15, 0.2) is 60.7 Å². The largest absolute Gasteiger partial charge is 0.494 e. The maximum Gasteiger partial charge on any atom is 0.333 e. The van der Waals surface area contributed by atoms with Gasteiger partial charge in [0.25, 0.3) is 0 Å². The number of nitriles is 1. The molecule has 0 fully saturated rings. The number of carbonyl (C=O) groups excluding carboxylic acids is 1. The van der Waals surface area contributed by atoms with E-state index in [2.05, 4.69) is 19.6 Å². The number of esters is 1. The highest BCUT2D eigenvalue weighted by atomic mass is 16.5. The van der Waals surface area contributed by atoms with Gasteiger partial charge in [-0.15, -0.1) is 0 Å². The number of ether oxygens (including phenoxy) is 3. The number of nitrogens with zero attached hydrogens (tertiary/aromatic N) is 1. The van der Waals surface area contributed by atoms with Crippen LogP contribution in [0.3, 0.4) is 0 Å². The van der Waals surface area contributed by atoms with Gasteiger partial charge in [0, 0.05) is 5.57 Å². The van der Waals surface area contributed by atoms with Gasteiger partial charge in [0.15, 0.2) is 0 Å². The van der Waals surface area contributed by atoms with Crippen molar-refractivity contribution in [3.8, 4) is 17.6 Å². The van der Waals surface area contributed by atoms with Crippen molar-refractivity contribution in [1.82, 2.24) is 0 Å². The normalized spacial score (nSPS) is 11.0. The molecule has 0 aliphatic carbocycles. The van der Waals surface area contributed by atoms with Crippen molar-refractivity contribution in [2.24, 2.45) is 0 Å². The minimum absolute atomic E-state index is 0.325. The van der Waals surface area contributed by atoms with E-state index in [4.69, 9.17) is 14.2 Å². The van der Waals surface area contributed by atoms with Gasteiger partial charge in [-0.05, 0) is 92.6 Å². The van der Waals surface area contributed by atoms with Crippen molar-refractivity contribution in [3.05, 3.63) is 71.8 Å². The van der Waals surface area contributed by atoms with Crippen LogP contribution in [0.5, 0.6) is 11.5 Å². The van der Waals surface area contributed by atoms with Crippen LogP contribution in [-0.2, 0) is 9.53 Å². The number of hydrogen-bond acceptors (Lipinski definition) is 5. The van der Waals surface area contributed by atoms with Crippen LogP contribution >= 0.6 is 0 Å². The Balaban J connectivity index is 1.73. The molecule has 192 valence electrons. The van der Waals surface area contributed by atoms with E-state index in [0.717, 1.165) is 61.3 Å². The summed E-state index contributed by atoms with van der Waals surface area (Å²) in [6.45, 7) is 9.21. The first-order chi connectivity index (χ1) is 17.5. The summed E-state index contributed by atoms with van der Waals surface area (Å²) in [5.74, 6) is 1.32. The topological polar surface area (TPSA) is 68.5 Å². The van der Waals surface area contributed by atoms with Crippen molar-refractivity contribution >= 4 is 17.6 Å². The fraction of sp³-hybridized carbons (Fsp3) is 0.419. The van der Waals surface area contributed by atoms with Crippen molar-refractivity contribution in [3.63, 3.8) is 0 Å². The first kappa shape index (κ1) is 28.7. The minimum atomic E-state index is -0.325. The second-order valence-electron chi connectivity index (χ2n) is 8.85. The summed E-state index contributed by atoms with van der Waals surface area (Å²) in [5.41, 5.74) is 2.85. The fourth-order valence-corrected chi connectivity index (χ4v) is 3.49. The van der Waals surface area contributed by atoms with E-state index in [9.17, 15) is 10.1 Å². The standard InChI is InChI=1S/C31H39NO4/c1-4-5-6-9-20-35-30-18-14-27(15-19-30)28(24-32)23-26-12-16-29(17-13-26)34-21-10-7-8-11-22-36-31(33)25(2)3/h12-19,23H,2,4-11,20-22H2,1,3H3. The molecule has 0 amide bonds. The number of allylic oxidation sites excluding steroid dienone is 1. The van der Waals surface area contributed by atoms with Crippen LogP contribution in [-0.4, -0.2) is 25.8 Å². The maximum absolute atomic E-state index is 11.3. The number of rotatable bonds is 17. The summed E-state index contributed by atoms with van der Waals surface area (Å²) in [4.78, 5) is 11.3. The molecule has 0 aliphatic heterocycles. The molecule has 0 saturated heterocycles. The summed E-state index contributed by atoms with van der Waals surface area (Å²) in [6, 6.07) is 17.8. The predicted molar refractivity (Wildman–Crippen MR) is 146 cm³/mol. The molecular weight excluding hydrogens is 450 g/mol. The third kappa shape index (κ3) is 11.3. The molecular formula is C31H39NO4. The molecule has 5 nitrogen and oxygen atoms in total. The third-order valence-corrected chi connectivity index (χ3v) is 5.63. The van der Waals surface area contributed by atoms with Gasteiger partial charge in [-0.3, -0.25) is 0 Å². The Morgan fingerprint density at radius 3 is 1.89 bits per heavy atom. The van der Waals surface area contributed by atoms with Crippen molar-refractivity contribution < 1.29 is 19.0 Å². The second kappa shape index (κ2) is 17.0. The molecule has 2 aromatic carbocycles. The van der Waals surface area contributed by atoms with Gasteiger partial charge >= 0.3 is 5.97 Å².